The molecule has 3 aromatic rings. The minimum absolute atomic E-state index is 0.107. The van der Waals surface area contributed by atoms with Gasteiger partial charge in [0.2, 0.25) is 5.91 Å². The third kappa shape index (κ3) is 4.52. The fourth-order valence-electron chi connectivity index (χ4n) is 2.53. The Morgan fingerprint density at radius 3 is 2.52 bits per heavy atom. The topological polar surface area (TPSA) is 84.2 Å². The lowest BCUT2D eigenvalue weighted by Crippen LogP contribution is -2.11. The fraction of sp³-hybridized carbons (Fsp3) is 0.294. The molecular formula is C17H17F3N6O. The molecular weight excluding hydrogens is 361 g/mol. The van der Waals surface area contributed by atoms with E-state index in [4.69, 9.17) is 0 Å². The predicted octanol–water partition coefficient (Wildman–Crippen LogP) is 3.06. The Morgan fingerprint density at radius 1 is 1.19 bits per heavy atom. The molecule has 0 radical (unpaired) electrons. The first-order valence-corrected chi connectivity index (χ1v) is 8.14. The second-order valence-electron chi connectivity index (χ2n) is 5.98. The van der Waals surface area contributed by atoms with Crippen molar-refractivity contribution in [2.75, 3.05) is 17.2 Å². The van der Waals surface area contributed by atoms with Crippen molar-refractivity contribution in [1.29, 1.82) is 0 Å². The van der Waals surface area contributed by atoms with E-state index in [0.717, 1.165) is 10.1 Å². The molecule has 0 aliphatic carbocycles. The van der Waals surface area contributed by atoms with Crippen molar-refractivity contribution < 1.29 is 18.0 Å². The summed E-state index contributed by atoms with van der Waals surface area (Å²) in [5.41, 5.74) is 2.24. The molecule has 2 N–H and O–H groups in total. The van der Waals surface area contributed by atoms with E-state index >= 15 is 0 Å². The van der Waals surface area contributed by atoms with Crippen molar-refractivity contribution in [3.63, 3.8) is 0 Å². The number of nitrogens with one attached hydrogen (secondary N) is 2. The highest BCUT2D eigenvalue weighted by molar-refractivity contribution is 5.88. The normalized spacial score (nSPS) is 11.6. The first-order chi connectivity index (χ1) is 12.7. The Balaban J connectivity index is 1.71. The molecule has 1 aromatic carbocycles. The van der Waals surface area contributed by atoms with Gasteiger partial charge >= 0.3 is 6.18 Å². The average Bonchev–Trinajstić information content (AvgIpc) is 3.00. The summed E-state index contributed by atoms with van der Waals surface area (Å²) in [7, 11) is 0. The summed E-state index contributed by atoms with van der Waals surface area (Å²) in [4.78, 5) is 18.4. The maximum Gasteiger partial charge on any atom is 0.453 e. The zero-order chi connectivity index (χ0) is 19.6. The van der Waals surface area contributed by atoms with Crippen molar-refractivity contribution in [2.24, 2.45) is 0 Å². The van der Waals surface area contributed by atoms with Gasteiger partial charge in [-0.2, -0.15) is 22.7 Å². The van der Waals surface area contributed by atoms with Crippen molar-refractivity contribution in [3.05, 3.63) is 47.4 Å². The van der Waals surface area contributed by atoms with Crippen LogP contribution in [-0.4, -0.2) is 32.0 Å². The van der Waals surface area contributed by atoms with Crippen LogP contribution < -0.4 is 10.6 Å². The number of halogens is 3. The van der Waals surface area contributed by atoms with E-state index in [2.05, 4.69) is 25.7 Å². The van der Waals surface area contributed by atoms with Crippen LogP contribution in [-0.2, 0) is 17.4 Å². The van der Waals surface area contributed by atoms with Crippen LogP contribution in [0.3, 0.4) is 0 Å². The third-order valence-corrected chi connectivity index (χ3v) is 3.69. The molecule has 7 nitrogen and oxygen atoms in total. The lowest BCUT2D eigenvalue weighted by atomic mass is 10.1. The molecule has 0 bridgehead atoms. The van der Waals surface area contributed by atoms with Gasteiger partial charge in [0.1, 0.15) is 5.82 Å². The van der Waals surface area contributed by atoms with Crippen LogP contribution in [0.4, 0.5) is 24.7 Å². The molecule has 0 saturated heterocycles. The standard InChI is InChI=1S/C17H17F3N6O/c1-10-9-14(26-16(22-10)24-15(25-26)17(18,19)20)21-8-7-12-3-5-13(6-4-12)23-11(2)27/h3-6,9,21H,7-8H2,1-2H3,(H,23,27). The number of aryl methyl sites for hydroxylation is 1. The molecule has 142 valence electrons. The van der Waals surface area contributed by atoms with Gasteiger partial charge in [-0.3, -0.25) is 4.79 Å². The number of alkyl halides is 3. The number of anilines is 2. The zero-order valence-corrected chi connectivity index (χ0v) is 14.6. The maximum atomic E-state index is 12.8. The van der Waals surface area contributed by atoms with Crippen LogP contribution in [0, 0.1) is 6.92 Å². The Labute approximate surface area is 152 Å². The summed E-state index contributed by atoms with van der Waals surface area (Å²) in [5.74, 6) is -1.09. The summed E-state index contributed by atoms with van der Waals surface area (Å²) >= 11 is 0. The van der Waals surface area contributed by atoms with E-state index in [1.54, 1.807) is 25.1 Å². The van der Waals surface area contributed by atoms with Gasteiger partial charge in [-0.25, -0.2) is 4.98 Å². The highest BCUT2D eigenvalue weighted by Gasteiger charge is 2.36. The highest BCUT2D eigenvalue weighted by atomic mass is 19.4. The largest absolute Gasteiger partial charge is 0.453 e. The van der Waals surface area contributed by atoms with Crippen molar-refractivity contribution in [2.45, 2.75) is 26.4 Å². The average molecular weight is 378 g/mol. The molecule has 0 atom stereocenters. The summed E-state index contributed by atoms with van der Waals surface area (Å²) in [6.07, 6.45) is -4.00. The van der Waals surface area contributed by atoms with E-state index in [-0.39, 0.29) is 11.7 Å². The minimum Gasteiger partial charge on any atom is -0.370 e. The SMILES string of the molecule is CC(=O)Nc1ccc(CCNc2cc(C)nc3nc(C(F)(F)F)nn23)cc1. The van der Waals surface area contributed by atoms with Gasteiger partial charge in [0.05, 0.1) is 0 Å². The van der Waals surface area contributed by atoms with Crippen LogP contribution in [0.5, 0.6) is 0 Å². The maximum absolute atomic E-state index is 12.8. The molecule has 10 heteroatoms. The van der Waals surface area contributed by atoms with Gasteiger partial charge in [0.25, 0.3) is 11.6 Å². The number of hydrogen-bond donors (Lipinski definition) is 2. The fourth-order valence-corrected chi connectivity index (χ4v) is 2.53. The van der Waals surface area contributed by atoms with Crippen LogP contribution in [0.1, 0.15) is 24.0 Å². The molecule has 0 saturated carbocycles. The molecule has 2 heterocycles. The van der Waals surface area contributed by atoms with Crippen molar-refractivity contribution in [1.82, 2.24) is 19.6 Å². The molecule has 27 heavy (non-hydrogen) atoms. The van der Waals surface area contributed by atoms with E-state index in [1.165, 1.54) is 6.92 Å². The first-order valence-electron chi connectivity index (χ1n) is 8.14. The molecule has 1 amide bonds. The number of fused-ring (bicyclic) bond motifs is 1. The van der Waals surface area contributed by atoms with E-state index in [1.807, 2.05) is 12.1 Å². The summed E-state index contributed by atoms with van der Waals surface area (Å²) in [6, 6.07) is 8.94. The number of hydrogen-bond acceptors (Lipinski definition) is 5. The van der Waals surface area contributed by atoms with Gasteiger partial charge < -0.3 is 10.6 Å². The van der Waals surface area contributed by atoms with Crippen LogP contribution in [0.2, 0.25) is 0 Å². The number of rotatable bonds is 5. The van der Waals surface area contributed by atoms with E-state index in [9.17, 15) is 18.0 Å². The van der Waals surface area contributed by atoms with E-state index in [0.29, 0.717) is 30.2 Å². The molecule has 0 fully saturated rings. The quantitative estimate of drug-likeness (QED) is 0.713. The number of amides is 1. The molecule has 0 aliphatic heterocycles. The lowest BCUT2D eigenvalue weighted by Gasteiger charge is -2.09. The highest BCUT2D eigenvalue weighted by Crippen LogP contribution is 2.27. The van der Waals surface area contributed by atoms with Gasteiger partial charge in [-0.05, 0) is 31.0 Å². The number of benzene rings is 1. The molecule has 3 rings (SSSR count). The first kappa shape index (κ1) is 18.6. The Kier molecular flexibility index (Phi) is 4.98. The molecule has 0 aliphatic rings. The Morgan fingerprint density at radius 2 is 1.89 bits per heavy atom. The van der Waals surface area contributed by atoms with Gasteiger partial charge in [0.15, 0.2) is 0 Å². The van der Waals surface area contributed by atoms with Crippen molar-refractivity contribution >= 4 is 23.2 Å². The summed E-state index contributed by atoms with van der Waals surface area (Å²) in [5, 5.41) is 9.26. The number of aromatic nitrogens is 4. The van der Waals surface area contributed by atoms with E-state index < -0.39 is 12.0 Å². The third-order valence-electron chi connectivity index (χ3n) is 3.69. The van der Waals surface area contributed by atoms with Gasteiger partial charge in [-0.1, -0.05) is 12.1 Å². The minimum atomic E-state index is -4.63. The van der Waals surface area contributed by atoms with Gasteiger partial charge in [-0.15, -0.1) is 5.10 Å². The predicted molar refractivity (Wildman–Crippen MR) is 93.5 cm³/mol. The monoisotopic (exact) mass is 378 g/mol. The number of nitrogens with zero attached hydrogens (tertiary/aromatic N) is 4. The molecule has 2 aromatic heterocycles. The number of carbonyl (C=O) groups excluding carboxylic acids is 1. The smallest absolute Gasteiger partial charge is 0.370 e. The van der Waals surface area contributed by atoms with Gasteiger partial charge in [0, 0.05) is 30.9 Å². The number of carbonyl (C=O) groups is 1. The zero-order valence-electron chi connectivity index (χ0n) is 14.6. The van der Waals surface area contributed by atoms with Crippen molar-refractivity contribution in [3.8, 4) is 0 Å². The van der Waals surface area contributed by atoms with Crippen LogP contribution in [0.15, 0.2) is 30.3 Å². The summed E-state index contributed by atoms with van der Waals surface area (Å²) < 4.78 is 39.5. The van der Waals surface area contributed by atoms with Crippen LogP contribution >= 0.6 is 0 Å². The lowest BCUT2D eigenvalue weighted by molar-refractivity contribution is -0.144. The van der Waals surface area contributed by atoms with Crippen LogP contribution in [0.25, 0.3) is 5.78 Å². The second-order valence-corrected chi connectivity index (χ2v) is 5.98. The Hall–Kier alpha value is -3.17. The molecule has 0 unspecified atom stereocenters. The second kappa shape index (κ2) is 7.22. The summed E-state index contributed by atoms with van der Waals surface area (Å²) in [6.45, 7) is 3.58. The molecule has 0 spiro atoms. The Bertz CT molecular complexity index is 965.